The Labute approximate surface area is 242 Å². The quantitative estimate of drug-likeness (QED) is 0.163. The molecule has 0 fully saturated rings. The van der Waals surface area contributed by atoms with Crippen LogP contribution in [0.3, 0.4) is 0 Å². The zero-order valence-corrected chi connectivity index (χ0v) is 23.7. The minimum Gasteiger partial charge on any atom is -0.327 e. The molecule has 1 heterocycles. The molecule has 0 atom stereocenters. The van der Waals surface area contributed by atoms with E-state index in [2.05, 4.69) is 128 Å². The van der Waals surface area contributed by atoms with E-state index in [0.717, 1.165) is 22.4 Å². The zero-order chi connectivity index (χ0) is 28.8. The number of imidazole rings is 1. The molecule has 0 N–H and O–H groups in total. The average Bonchev–Trinajstić information content (AvgIpc) is 3.36. The molecular formula is C39H34N2. The van der Waals surface area contributed by atoms with Crippen molar-refractivity contribution in [3.63, 3.8) is 0 Å². The van der Waals surface area contributed by atoms with Gasteiger partial charge in [0.05, 0.1) is 11.0 Å². The summed E-state index contributed by atoms with van der Waals surface area (Å²) in [5.41, 5.74) is 5.76. The fourth-order valence-electron chi connectivity index (χ4n) is 5.34. The molecule has 6 aromatic carbocycles. The number of nitrogens with zero attached hydrogens (tertiary/aromatic N) is 2. The molecular weight excluding hydrogens is 496 g/mol. The Morgan fingerprint density at radius 1 is 0.634 bits per heavy atom. The highest BCUT2D eigenvalue weighted by Crippen LogP contribution is 2.39. The molecule has 41 heavy (non-hydrogen) atoms. The van der Waals surface area contributed by atoms with Gasteiger partial charge in [-0.1, -0.05) is 141 Å². The van der Waals surface area contributed by atoms with Crippen LogP contribution in [0.5, 0.6) is 0 Å². The molecule has 0 aliphatic heterocycles. The van der Waals surface area contributed by atoms with E-state index in [-0.39, 0.29) is 0 Å². The average molecular weight is 531 g/mol. The maximum atomic E-state index is 4.99. The van der Waals surface area contributed by atoms with E-state index < -0.39 is 0 Å². The number of rotatable bonds is 4. The van der Waals surface area contributed by atoms with E-state index in [1.165, 1.54) is 43.4 Å². The summed E-state index contributed by atoms with van der Waals surface area (Å²) in [5, 5.41) is 7.89. The SMILES string of the molecule is C=C/C=C\C.C=CC=C.Cn1c(-c2ccccc2)nc2cc(-c3ccc4ccc5cccc6ccc3c4c56)ccc21. The second kappa shape index (κ2) is 12.3. The van der Waals surface area contributed by atoms with Gasteiger partial charge in [-0.05, 0) is 62.5 Å². The zero-order valence-electron chi connectivity index (χ0n) is 23.7. The van der Waals surface area contributed by atoms with Crippen LogP contribution in [-0.2, 0) is 7.05 Å². The molecule has 2 nitrogen and oxygen atoms in total. The number of hydrogen-bond acceptors (Lipinski definition) is 1. The molecule has 0 amide bonds. The van der Waals surface area contributed by atoms with Gasteiger partial charge in [-0.25, -0.2) is 4.98 Å². The van der Waals surface area contributed by atoms with Gasteiger partial charge >= 0.3 is 0 Å². The highest BCUT2D eigenvalue weighted by atomic mass is 15.1. The third-order valence-corrected chi connectivity index (χ3v) is 7.25. The number of benzene rings is 6. The van der Waals surface area contributed by atoms with Gasteiger partial charge in [-0.3, -0.25) is 0 Å². The van der Waals surface area contributed by atoms with Crippen LogP contribution in [0.25, 0.3) is 65.9 Å². The number of allylic oxidation sites excluding steroid dienone is 5. The Bertz CT molecular complexity index is 1980. The van der Waals surface area contributed by atoms with Gasteiger partial charge in [0.2, 0.25) is 0 Å². The Balaban J connectivity index is 0.000000331. The molecule has 0 aliphatic carbocycles. The second-order valence-electron chi connectivity index (χ2n) is 9.77. The Morgan fingerprint density at radius 3 is 1.93 bits per heavy atom. The summed E-state index contributed by atoms with van der Waals surface area (Å²) < 4.78 is 2.18. The lowest BCUT2D eigenvalue weighted by atomic mass is 9.90. The van der Waals surface area contributed by atoms with Crippen molar-refractivity contribution in [1.29, 1.82) is 0 Å². The fraction of sp³-hybridized carbons (Fsp3) is 0.0513. The van der Waals surface area contributed by atoms with Crippen molar-refractivity contribution in [2.24, 2.45) is 7.05 Å². The van der Waals surface area contributed by atoms with Crippen molar-refractivity contribution in [2.45, 2.75) is 6.92 Å². The van der Waals surface area contributed by atoms with Crippen LogP contribution in [0.1, 0.15) is 6.92 Å². The lowest BCUT2D eigenvalue weighted by Crippen LogP contribution is -1.91. The standard InChI is InChI=1S/C30H20N2.C5H8.C4H6/c1-32-27-17-14-23(18-26(27)31-30(32)22-6-3-2-4-7-22)24-15-12-21-11-10-19-8-5-9-20-13-16-25(24)29(21)28(19)20;1-3-5-4-2;1-3-4-2/h2-18H,1H3;3-5H,1H2,2H3;3-4H,1-2H2/b;5-4-;. The molecule has 200 valence electrons. The minimum absolute atomic E-state index is 0.994. The summed E-state index contributed by atoms with van der Waals surface area (Å²) in [6.07, 6.45) is 8.85. The monoisotopic (exact) mass is 530 g/mol. The van der Waals surface area contributed by atoms with Crippen molar-refractivity contribution in [2.75, 3.05) is 0 Å². The van der Waals surface area contributed by atoms with Crippen LogP contribution in [-0.4, -0.2) is 9.55 Å². The summed E-state index contributed by atoms with van der Waals surface area (Å²) in [4.78, 5) is 4.99. The largest absolute Gasteiger partial charge is 0.327 e. The predicted molar refractivity (Wildman–Crippen MR) is 181 cm³/mol. The summed E-state index contributed by atoms with van der Waals surface area (Å²) in [6, 6.07) is 37.1. The van der Waals surface area contributed by atoms with E-state index in [1.807, 2.05) is 25.1 Å². The third kappa shape index (κ3) is 5.33. The van der Waals surface area contributed by atoms with Gasteiger partial charge < -0.3 is 4.57 Å². The van der Waals surface area contributed by atoms with Crippen molar-refractivity contribution >= 4 is 43.4 Å². The third-order valence-electron chi connectivity index (χ3n) is 7.25. The molecule has 0 spiro atoms. The molecule has 0 aliphatic rings. The fourth-order valence-corrected chi connectivity index (χ4v) is 5.34. The molecule has 0 radical (unpaired) electrons. The predicted octanol–water partition coefficient (Wildman–Crippen LogP) is 10.9. The maximum Gasteiger partial charge on any atom is 0.140 e. The maximum absolute atomic E-state index is 4.99. The first-order valence-corrected chi connectivity index (χ1v) is 13.8. The lowest BCUT2D eigenvalue weighted by molar-refractivity contribution is 0.959. The second-order valence-corrected chi connectivity index (χ2v) is 9.77. The normalized spacial score (nSPS) is 10.9. The number of aryl methyl sites for hydroxylation is 1. The van der Waals surface area contributed by atoms with Crippen molar-refractivity contribution in [3.05, 3.63) is 153 Å². The summed E-state index contributed by atoms with van der Waals surface area (Å²) in [6.45, 7) is 12.1. The molecule has 0 bridgehead atoms. The van der Waals surface area contributed by atoms with Gasteiger partial charge in [0, 0.05) is 12.6 Å². The lowest BCUT2D eigenvalue weighted by Gasteiger charge is -2.14. The Hall–Kier alpha value is -5.21. The topological polar surface area (TPSA) is 17.8 Å². The first kappa shape index (κ1) is 27.4. The van der Waals surface area contributed by atoms with Crippen LogP contribution >= 0.6 is 0 Å². The van der Waals surface area contributed by atoms with Crippen molar-refractivity contribution in [1.82, 2.24) is 9.55 Å². The van der Waals surface area contributed by atoms with E-state index in [1.54, 1.807) is 18.2 Å². The summed E-state index contributed by atoms with van der Waals surface area (Å²) >= 11 is 0. The highest BCUT2D eigenvalue weighted by molar-refractivity contribution is 6.25. The van der Waals surface area contributed by atoms with Gasteiger partial charge in [0.25, 0.3) is 0 Å². The highest BCUT2D eigenvalue weighted by Gasteiger charge is 2.14. The summed E-state index contributed by atoms with van der Waals surface area (Å²) in [5.74, 6) is 0.994. The molecule has 1 aromatic heterocycles. The van der Waals surface area contributed by atoms with Gasteiger partial charge in [-0.15, -0.1) is 0 Å². The first-order valence-electron chi connectivity index (χ1n) is 13.8. The Kier molecular flexibility index (Phi) is 8.22. The number of hydrogen-bond donors (Lipinski definition) is 0. The first-order chi connectivity index (χ1) is 20.1. The van der Waals surface area contributed by atoms with E-state index in [0.29, 0.717) is 0 Å². The van der Waals surface area contributed by atoms with Crippen LogP contribution in [0.4, 0.5) is 0 Å². The van der Waals surface area contributed by atoms with E-state index in [9.17, 15) is 0 Å². The summed E-state index contributed by atoms with van der Waals surface area (Å²) in [7, 11) is 2.09. The molecule has 0 unspecified atom stereocenters. The molecule has 7 rings (SSSR count). The minimum atomic E-state index is 0.994. The molecule has 0 saturated heterocycles. The van der Waals surface area contributed by atoms with Gasteiger partial charge in [-0.2, -0.15) is 0 Å². The van der Waals surface area contributed by atoms with Crippen molar-refractivity contribution < 1.29 is 0 Å². The van der Waals surface area contributed by atoms with Crippen LogP contribution in [0.15, 0.2) is 153 Å². The Morgan fingerprint density at radius 2 is 1.29 bits per heavy atom. The van der Waals surface area contributed by atoms with E-state index in [4.69, 9.17) is 4.98 Å². The number of fused-ring (bicyclic) bond motifs is 1. The van der Waals surface area contributed by atoms with E-state index >= 15 is 0 Å². The molecule has 2 heteroatoms. The van der Waals surface area contributed by atoms with Crippen LogP contribution in [0.2, 0.25) is 0 Å². The number of aromatic nitrogens is 2. The molecule has 7 aromatic rings. The van der Waals surface area contributed by atoms with Crippen molar-refractivity contribution in [3.8, 4) is 22.5 Å². The van der Waals surface area contributed by atoms with Gasteiger partial charge in [0.15, 0.2) is 0 Å². The van der Waals surface area contributed by atoms with Gasteiger partial charge in [0.1, 0.15) is 5.82 Å². The molecule has 0 saturated carbocycles. The smallest absolute Gasteiger partial charge is 0.140 e. The van der Waals surface area contributed by atoms with Crippen LogP contribution < -0.4 is 0 Å². The van der Waals surface area contributed by atoms with Crippen LogP contribution in [0, 0.1) is 0 Å².